The van der Waals surface area contributed by atoms with Crippen molar-refractivity contribution < 1.29 is 4.74 Å². The molecule has 0 radical (unpaired) electrons. The standard InChI is InChI=1S/C17H30N2O/c1-7-19(8-2)17(4,5)16(18-6)14-10-12-15(13-11-14)20-9-3/h10-13,16,18H,7-9H2,1-6H3. The molecule has 0 heterocycles. The molecular weight excluding hydrogens is 248 g/mol. The highest BCUT2D eigenvalue weighted by molar-refractivity contribution is 5.31. The van der Waals surface area contributed by atoms with Gasteiger partial charge in [0.05, 0.1) is 6.61 Å². The molecule has 0 spiro atoms. The van der Waals surface area contributed by atoms with Gasteiger partial charge in [-0.2, -0.15) is 0 Å². The zero-order valence-corrected chi connectivity index (χ0v) is 13.9. The Morgan fingerprint density at radius 1 is 1.10 bits per heavy atom. The van der Waals surface area contributed by atoms with E-state index in [4.69, 9.17) is 4.74 Å². The normalized spacial score (nSPS) is 13.6. The van der Waals surface area contributed by atoms with E-state index in [0.29, 0.717) is 6.61 Å². The molecular formula is C17H30N2O. The molecule has 0 saturated heterocycles. The maximum Gasteiger partial charge on any atom is 0.119 e. The van der Waals surface area contributed by atoms with Crippen LogP contribution in [0.1, 0.15) is 46.2 Å². The van der Waals surface area contributed by atoms with Gasteiger partial charge in [-0.25, -0.2) is 0 Å². The maximum absolute atomic E-state index is 5.52. The van der Waals surface area contributed by atoms with Crippen LogP contribution in [0.4, 0.5) is 0 Å². The van der Waals surface area contributed by atoms with Crippen molar-refractivity contribution in [2.75, 3.05) is 26.7 Å². The quantitative estimate of drug-likeness (QED) is 0.788. The smallest absolute Gasteiger partial charge is 0.119 e. The first kappa shape index (κ1) is 17.0. The zero-order valence-electron chi connectivity index (χ0n) is 13.9. The molecule has 3 heteroatoms. The largest absolute Gasteiger partial charge is 0.494 e. The van der Waals surface area contributed by atoms with E-state index in [2.05, 4.69) is 62.2 Å². The summed E-state index contributed by atoms with van der Waals surface area (Å²) in [6, 6.07) is 8.73. The lowest BCUT2D eigenvalue weighted by Crippen LogP contribution is -2.51. The fraction of sp³-hybridized carbons (Fsp3) is 0.647. The Morgan fingerprint density at radius 3 is 2.05 bits per heavy atom. The van der Waals surface area contributed by atoms with Crippen LogP contribution in [0, 0.1) is 0 Å². The number of nitrogens with zero attached hydrogens (tertiary/aromatic N) is 1. The molecule has 1 aromatic carbocycles. The van der Waals surface area contributed by atoms with Crippen molar-refractivity contribution in [2.24, 2.45) is 0 Å². The van der Waals surface area contributed by atoms with Crippen molar-refractivity contribution in [3.05, 3.63) is 29.8 Å². The van der Waals surface area contributed by atoms with Crippen molar-refractivity contribution in [1.82, 2.24) is 10.2 Å². The molecule has 1 unspecified atom stereocenters. The van der Waals surface area contributed by atoms with E-state index >= 15 is 0 Å². The van der Waals surface area contributed by atoms with Crippen molar-refractivity contribution in [2.45, 2.75) is 46.2 Å². The summed E-state index contributed by atoms with van der Waals surface area (Å²) in [5.41, 5.74) is 1.36. The highest BCUT2D eigenvalue weighted by atomic mass is 16.5. The van der Waals surface area contributed by atoms with E-state index in [9.17, 15) is 0 Å². The van der Waals surface area contributed by atoms with Gasteiger partial charge in [-0.05, 0) is 58.6 Å². The third kappa shape index (κ3) is 3.74. The van der Waals surface area contributed by atoms with Gasteiger partial charge in [0.1, 0.15) is 5.75 Å². The van der Waals surface area contributed by atoms with Crippen LogP contribution in [0.15, 0.2) is 24.3 Å². The fourth-order valence-electron chi connectivity index (χ4n) is 3.07. The number of hydrogen-bond donors (Lipinski definition) is 1. The van der Waals surface area contributed by atoms with Crippen LogP contribution in [-0.2, 0) is 0 Å². The number of hydrogen-bond acceptors (Lipinski definition) is 3. The topological polar surface area (TPSA) is 24.5 Å². The lowest BCUT2D eigenvalue weighted by atomic mass is 9.87. The molecule has 0 amide bonds. The molecule has 1 atom stereocenters. The number of likely N-dealkylation sites (N-methyl/N-ethyl adjacent to an activating group) is 2. The monoisotopic (exact) mass is 278 g/mol. The van der Waals surface area contributed by atoms with E-state index in [1.54, 1.807) is 0 Å². The van der Waals surface area contributed by atoms with Gasteiger partial charge < -0.3 is 10.1 Å². The van der Waals surface area contributed by atoms with Crippen molar-refractivity contribution in [1.29, 1.82) is 0 Å². The van der Waals surface area contributed by atoms with Gasteiger partial charge in [0.25, 0.3) is 0 Å². The number of ether oxygens (including phenoxy) is 1. The summed E-state index contributed by atoms with van der Waals surface area (Å²) in [6.45, 7) is 13.9. The average molecular weight is 278 g/mol. The van der Waals surface area contributed by atoms with Gasteiger partial charge in [-0.3, -0.25) is 4.90 Å². The minimum atomic E-state index is 0.0609. The third-order valence-electron chi connectivity index (χ3n) is 4.10. The summed E-state index contributed by atoms with van der Waals surface area (Å²) in [5.74, 6) is 0.937. The van der Waals surface area contributed by atoms with Gasteiger partial charge in [-0.1, -0.05) is 26.0 Å². The number of rotatable bonds is 8. The van der Waals surface area contributed by atoms with E-state index in [1.807, 2.05) is 14.0 Å². The average Bonchev–Trinajstić information content (AvgIpc) is 2.42. The first-order chi connectivity index (χ1) is 9.51. The second kappa shape index (κ2) is 7.65. The first-order valence-electron chi connectivity index (χ1n) is 7.66. The summed E-state index contributed by atoms with van der Waals surface area (Å²) in [6.07, 6.45) is 0. The van der Waals surface area contributed by atoms with E-state index in [1.165, 1.54) is 5.56 Å². The molecule has 0 saturated carbocycles. The summed E-state index contributed by atoms with van der Waals surface area (Å²) in [5, 5.41) is 3.48. The number of benzene rings is 1. The third-order valence-corrected chi connectivity index (χ3v) is 4.10. The Morgan fingerprint density at radius 2 is 1.65 bits per heavy atom. The predicted octanol–water partition coefficient (Wildman–Crippen LogP) is 3.47. The molecule has 0 bridgehead atoms. The first-order valence-corrected chi connectivity index (χ1v) is 7.66. The molecule has 0 aliphatic carbocycles. The molecule has 0 fully saturated rings. The molecule has 1 N–H and O–H groups in total. The molecule has 114 valence electrons. The SMILES string of the molecule is CCOc1ccc(C(NC)C(C)(C)N(CC)CC)cc1. The second-order valence-corrected chi connectivity index (χ2v) is 5.55. The Hall–Kier alpha value is -1.06. The van der Waals surface area contributed by atoms with Crippen LogP contribution < -0.4 is 10.1 Å². The van der Waals surface area contributed by atoms with Crippen molar-refractivity contribution in [3.63, 3.8) is 0 Å². The zero-order chi connectivity index (χ0) is 15.2. The summed E-state index contributed by atoms with van der Waals surface area (Å²) >= 11 is 0. The van der Waals surface area contributed by atoms with Gasteiger partial charge in [0.2, 0.25) is 0 Å². The summed E-state index contributed by atoms with van der Waals surface area (Å²) in [7, 11) is 2.03. The van der Waals surface area contributed by atoms with E-state index < -0.39 is 0 Å². The molecule has 0 aliphatic heterocycles. The van der Waals surface area contributed by atoms with Gasteiger partial charge in [-0.15, -0.1) is 0 Å². The van der Waals surface area contributed by atoms with Gasteiger partial charge >= 0.3 is 0 Å². The highest BCUT2D eigenvalue weighted by Gasteiger charge is 2.33. The van der Waals surface area contributed by atoms with E-state index in [0.717, 1.165) is 18.8 Å². The van der Waals surface area contributed by atoms with Crippen LogP contribution in [0.5, 0.6) is 5.75 Å². The Labute approximate surface area is 124 Å². The molecule has 1 rings (SSSR count). The highest BCUT2D eigenvalue weighted by Crippen LogP contribution is 2.31. The lowest BCUT2D eigenvalue weighted by molar-refractivity contribution is 0.0944. The van der Waals surface area contributed by atoms with Crippen LogP contribution >= 0.6 is 0 Å². The minimum absolute atomic E-state index is 0.0609. The minimum Gasteiger partial charge on any atom is -0.494 e. The predicted molar refractivity (Wildman–Crippen MR) is 86.4 cm³/mol. The van der Waals surface area contributed by atoms with Crippen molar-refractivity contribution >= 4 is 0 Å². The fourth-order valence-corrected chi connectivity index (χ4v) is 3.07. The Balaban J connectivity index is 2.99. The maximum atomic E-state index is 5.52. The molecule has 3 nitrogen and oxygen atoms in total. The van der Waals surface area contributed by atoms with Crippen LogP contribution in [-0.4, -0.2) is 37.2 Å². The summed E-state index contributed by atoms with van der Waals surface area (Å²) < 4.78 is 5.52. The Bertz CT molecular complexity index is 382. The van der Waals surface area contributed by atoms with Gasteiger partial charge in [0, 0.05) is 11.6 Å². The van der Waals surface area contributed by atoms with Crippen LogP contribution in [0.2, 0.25) is 0 Å². The molecule has 0 aromatic heterocycles. The van der Waals surface area contributed by atoms with Crippen LogP contribution in [0.25, 0.3) is 0 Å². The van der Waals surface area contributed by atoms with Crippen molar-refractivity contribution in [3.8, 4) is 5.75 Å². The lowest BCUT2D eigenvalue weighted by Gasteiger charge is -2.43. The number of nitrogens with one attached hydrogen (secondary N) is 1. The summed E-state index contributed by atoms with van der Waals surface area (Å²) in [4.78, 5) is 2.49. The Kier molecular flexibility index (Phi) is 6.50. The molecule has 1 aromatic rings. The molecule has 20 heavy (non-hydrogen) atoms. The van der Waals surface area contributed by atoms with Gasteiger partial charge in [0.15, 0.2) is 0 Å². The van der Waals surface area contributed by atoms with E-state index in [-0.39, 0.29) is 11.6 Å². The second-order valence-electron chi connectivity index (χ2n) is 5.55. The van der Waals surface area contributed by atoms with Crippen LogP contribution in [0.3, 0.4) is 0 Å². The molecule has 0 aliphatic rings.